The summed E-state index contributed by atoms with van der Waals surface area (Å²) in [5, 5.41) is 8.69. The lowest BCUT2D eigenvalue weighted by atomic mass is 10.1. The molecule has 5 heteroatoms. The number of halogens is 1. The average Bonchev–Trinajstić information content (AvgIpc) is 2.98. The van der Waals surface area contributed by atoms with Crippen molar-refractivity contribution in [3.05, 3.63) is 59.8 Å². The summed E-state index contributed by atoms with van der Waals surface area (Å²) in [5.41, 5.74) is 0.739. The number of amides is 1. The van der Waals surface area contributed by atoms with Gasteiger partial charge >= 0.3 is 0 Å². The highest BCUT2D eigenvalue weighted by atomic mass is 19.1. The minimum Gasteiger partial charge on any atom is -0.467 e. The fourth-order valence-electron chi connectivity index (χ4n) is 1.96. The van der Waals surface area contributed by atoms with Crippen molar-refractivity contribution in [2.24, 2.45) is 0 Å². The lowest BCUT2D eigenvalue weighted by Crippen LogP contribution is -2.32. The highest BCUT2D eigenvalue weighted by Crippen LogP contribution is 2.10. The van der Waals surface area contributed by atoms with E-state index in [1.165, 1.54) is 12.1 Å². The Hall–Kier alpha value is -2.61. The first kappa shape index (κ1) is 14.8. The lowest BCUT2D eigenvalue weighted by molar-refractivity contribution is -0.131. The molecule has 0 saturated heterocycles. The van der Waals surface area contributed by atoms with Crippen LogP contribution in [0.4, 0.5) is 4.39 Å². The Morgan fingerprint density at radius 1 is 1.29 bits per heavy atom. The van der Waals surface area contributed by atoms with Gasteiger partial charge in [0.25, 0.3) is 0 Å². The molecule has 0 fully saturated rings. The van der Waals surface area contributed by atoms with Gasteiger partial charge in [0, 0.05) is 6.54 Å². The fourth-order valence-corrected chi connectivity index (χ4v) is 1.96. The van der Waals surface area contributed by atoms with Crippen LogP contribution in [0, 0.1) is 17.1 Å². The van der Waals surface area contributed by atoms with Gasteiger partial charge in [-0.3, -0.25) is 4.79 Å². The Balaban J connectivity index is 2.02. The second-order valence-corrected chi connectivity index (χ2v) is 4.61. The Morgan fingerprint density at radius 3 is 2.67 bits per heavy atom. The summed E-state index contributed by atoms with van der Waals surface area (Å²) < 4.78 is 18.1. The summed E-state index contributed by atoms with van der Waals surface area (Å²) in [6.07, 6.45) is 1.98. The van der Waals surface area contributed by atoms with Crippen LogP contribution in [-0.2, 0) is 17.8 Å². The summed E-state index contributed by atoms with van der Waals surface area (Å²) in [6, 6.07) is 11.4. The Morgan fingerprint density at radius 2 is 2.05 bits per heavy atom. The highest BCUT2D eigenvalue weighted by molar-refractivity contribution is 5.78. The summed E-state index contributed by atoms with van der Waals surface area (Å²) in [4.78, 5) is 13.9. The number of nitriles is 1. The van der Waals surface area contributed by atoms with E-state index < -0.39 is 0 Å². The minimum absolute atomic E-state index is 0.117. The molecule has 0 aliphatic rings. The number of furan rings is 1. The normalized spacial score (nSPS) is 10.1. The van der Waals surface area contributed by atoms with Gasteiger partial charge in [-0.15, -0.1) is 0 Å². The molecule has 0 saturated carbocycles. The second kappa shape index (κ2) is 7.25. The molecule has 0 bridgehead atoms. The maximum absolute atomic E-state index is 12.9. The van der Waals surface area contributed by atoms with Crippen molar-refractivity contribution in [3.63, 3.8) is 0 Å². The third-order valence-corrected chi connectivity index (χ3v) is 3.04. The minimum atomic E-state index is -0.330. The number of rotatable bonds is 6. The first-order valence-corrected chi connectivity index (χ1v) is 6.60. The van der Waals surface area contributed by atoms with E-state index in [0.29, 0.717) is 18.8 Å². The zero-order chi connectivity index (χ0) is 15.1. The number of hydrogen-bond acceptors (Lipinski definition) is 3. The molecule has 0 aliphatic carbocycles. The van der Waals surface area contributed by atoms with Gasteiger partial charge < -0.3 is 9.32 Å². The number of hydrogen-bond donors (Lipinski definition) is 0. The first-order chi connectivity index (χ1) is 10.2. The maximum Gasteiger partial charge on any atom is 0.227 e. The quantitative estimate of drug-likeness (QED) is 0.820. The van der Waals surface area contributed by atoms with E-state index in [0.717, 1.165) is 5.56 Å². The lowest BCUT2D eigenvalue weighted by Gasteiger charge is -2.20. The number of benzene rings is 1. The van der Waals surface area contributed by atoms with Crippen molar-refractivity contribution in [1.29, 1.82) is 5.26 Å². The predicted octanol–water partition coefficient (Wildman–Crippen LogP) is 2.90. The van der Waals surface area contributed by atoms with Crippen molar-refractivity contribution in [1.82, 2.24) is 4.90 Å². The van der Waals surface area contributed by atoms with Crippen LogP contribution in [0.15, 0.2) is 47.1 Å². The van der Waals surface area contributed by atoms with Gasteiger partial charge in [-0.25, -0.2) is 4.39 Å². The monoisotopic (exact) mass is 286 g/mol. The van der Waals surface area contributed by atoms with E-state index in [4.69, 9.17) is 9.68 Å². The van der Waals surface area contributed by atoms with Crippen molar-refractivity contribution in [2.75, 3.05) is 6.54 Å². The van der Waals surface area contributed by atoms with Crippen LogP contribution in [0.3, 0.4) is 0 Å². The molecular weight excluding hydrogens is 271 g/mol. The SMILES string of the molecule is N#CCCN(Cc1ccco1)C(=O)Cc1ccc(F)cc1. The Bertz CT molecular complexity index is 615. The molecule has 0 spiro atoms. The zero-order valence-corrected chi connectivity index (χ0v) is 11.5. The van der Waals surface area contributed by atoms with Crippen LogP contribution in [0.5, 0.6) is 0 Å². The number of carbonyl (C=O) groups excluding carboxylic acids is 1. The molecule has 0 N–H and O–H groups in total. The Labute approximate surface area is 122 Å². The first-order valence-electron chi connectivity index (χ1n) is 6.60. The molecule has 0 aliphatic heterocycles. The molecule has 0 atom stereocenters. The average molecular weight is 286 g/mol. The predicted molar refractivity (Wildman–Crippen MR) is 74.5 cm³/mol. The molecule has 21 heavy (non-hydrogen) atoms. The van der Waals surface area contributed by atoms with Crippen molar-refractivity contribution in [2.45, 2.75) is 19.4 Å². The molecule has 0 radical (unpaired) electrons. The molecule has 1 aromatic carbocycles. The van der Waals surface area contributed by atoms with Gasteiger partial charge in [-0.2, -0.15) is 5.26 Å². The van der Waals surface area contributed by atoms with Crippen LogP contribution < -0.4 is 0 Å². The van der Waals surface area contributed by atoms with Gasteiger partial charge in [0.15, 0.2) is 0 Å². The van der Waals surface area contributed by atoms with Crippen LogP contribution >= 0.6 is 0 Å². The second-order valence-electron chi connectivity index (χ2n) is 4.61. The number of nitrogens with zero attached hydrogens (tertiary/aromatic N) is 2. The molecule has 2 rings (SSSR count). The molecule has 1 aromatic heterocycles. The van der Waals surface area contributed by atoms with Crippen molar-refractivity contribution in [3.8, 4) is 6.07 Å². The van der Waals surface area contributed by atoms with Gasteiger partial charge in [-0.05, 0) is 29.8 Å². The van der Waals surface area contributed by atoms with Crippen LogP contribution in [-0.4, -0.2) is 17.4 Å². The molecule has 108 valence electrons. The molecule has 1 heterocycles. The topological polar surface area (TPSA) is 57.2 Å². The van der Waals surface area contributed by atoms with Crippen LogP contribution in [0.2, 0.25) is 0 Å². The molecule has 4 nitrogen and oxygen atoms in total. The van der Waals surface area contributed by atoms with E-state index in [9.17, 15) is 9.18 Å². The summed E-state index contributed by atoms with van der Waals surface area (Å²) >= 11 is 0. The van der Waals surface area contributed by atoms with E-state index >= 15 is 0 Å². The number of carbonyl (C=O) groups is 1. The zero-order valence-electron chi connectivity index (χ0n) is 11.5. The summed E-state index contributed by atoms with van der Waals surface area (Å²) in [7, 11) is 0. The van der Waals surface area contributed by atoms with Crippen LogP contribution in [0.1, 0.15) is 17.7 Å². The molecule has 0 unspecified atom stereocenters. The van der Waals surface area contributed by atoms with Gasteiger partial charge in [0.05, 0.1) is 31.7 Å². The maximum atomic E-state index is 12.9. The third-order valence-electron chi connectivity index (χ3n) is 3.04. The van der Waals surface area contributed by atoms with E-state index in [1.54, 1.807) is 35.4 Å². The van der Waals surface area contributed by atoms with E-state index in [-0.39, 0.29) is 24.6 Å². The van der Waals surface area contributed by atoms with Gasteiger partial charge in [-0.1, -0.05) is 12.1 Å². The smallest absolute Gasteiger partial charge is 0.227 e. The molecule has 2 aromatic rings. The Kier molecular flexibility index (Phi) is 5.10. The van der Waals surface area contributed by atoms with Gasteiger partial charge in [0.1, 0.15) is 11.6 Å². The van der Waals surface area contributed by atoms with Crippen LogP contribution in [0.25, 0.3) is 0 Å². The molecule has 1 amide bonds. The largest absolute Gasteiger partial charge is 0.467 e. The van der Waals surface area contributed by atoms with E-state index in [2.05, 4.69) is 0 Å². The molecular formula is C16H15FN2O2. The highest BCUT2D eigenvalue weighted by Gasteiger charge is 2.15. The standard InChI is InChI=1S/C16H15FN2O2/c17-14-6-4-13(5-7-14)11-16(20)19(9-2-8-18)12-15-3-1-10-21-15/h1,3-7,10H,2,9,11-12H2. The van der Waals surface area contributed by atoms with Gasteiger partial charge in [0.2, 0.25) is 5.91 Å². The summed E-state index contributed by atoms with van der Waals surface area (Å²) in [6.45, 7) is 0.673. The third kappa shape index (κ3) is 4.46. The summed E-state index contributed by atoms with van der Waals surface area (Å²) in [5.74, 6) is 0.219. The van der Waals surface area contributed by atoms with Crippen molar-refractivity contribution < 1.29 is 13.6 Å². The fraction of sp³-hybridized carbons (Fsp3) is 0.250. The van der Waals surface area contributed by atoms with E-state index in [1.807, 2.05) is 6.07 Å². The van der Waals surface area contributed by atoms with Crippen molar-refractivity contribution >= 4 is 5.91 Å².